The van der Waals surface area contributed by atoms with Gasteiger partial charge in [-0.25, -0.2) is 0 Å². The van der Waals surface area contributed by atoms with Crippen LogP contribution in [0.3, 0.4) is 0 Å². The first-order chi connectivity index (χ1) is 31.8. The number of hydrogen-bond donors (Lipinski definition) is 0. The van der Waals surface area contributed by atoms with Crippen molar-refractivity contribution in [1.82, 2.24) is 4.57 Å². The molecule has 0 spiro atoms. The fraction of sp³-hybridized carbons (Fsp3) is 0.0164. The van der Waals surface area contributed by atoms with Crippen molar-refractivity contribution in [1.29, 1.82) is 0 Å². The molecule has 0 amide bonds. The van der Waals surface area contributed by atoms with Crippen molar-refractivity contribution in [2.75, 3.05) is 4.90 Å². The van der Waals surface area contributed by atoms with Gasteiger partial charge in [0, 0.05) is 43.3 Å². The van der Waals surface area contributed by atoms with E-state index in [2.05, 4.69) is 252 Å². The molecule has 1 aliphatic rings. The van der Waals surface area contributed by atoms with Gasteiger partial charge in [-0.2, -0.15) is 0 Å². The van der Waals surface area contributed by atoms with Crippen LogP contribution in [0.2, 0.25) is 0 Å². The molecule has 0 atom stereocenters. The van der Waals surface area contributed by atoms with Gasteiger partial charge in [-0.05, 0) is 105 Å². The van der Waals surface area contributed by atoms with Crippen molar-refractivity contribution in [2.24, 2.45) is 0 Å². The summed E-state index contributed by atoms with van der Waals surface area (Å²) in [6.45, 7) is 0. The average molecular weight is 833 g/mol. The summed E-state index contributed by atoms with van der Waals surface area (Å²) in [5.74, 6) is 0. The summed E-state index contributed by atoms with van der Waals surface area (Å²) in [5, 5.41) is 5.08. The molecule has 3 heteroatoms. The van der Waals surface area contributed by atoms with Gasteiger partial charge in [0.2, 0.25) is 0 Å². The van der Waals surface area contributed by atoms with E-state index in [1.165, 1.54) is 92.2 Å². The Morgan fingerprint density at radius 2 is 0.969 bits per heavy atom. The SMILES string of the molecule is c1ccc(-n2c3ccccc3c3ccc(-c4ccc(N(c5ccc6c(c5)C(c5ccccc5)(c5ccccc5)c5ccccc5-6)c5cccc6c5sc5ccccc56)cc4)cc32)cc1. The first-order valence-electron chi connectivity index (χ1n) is 22.0. The number of fused-ring (bicyclic) bond motifs is 9. The topological polar surface area (TPSA) is 8.17 Å². The molecule has 12 aromatic rings. The highest BCUT2D eigenvalue weighted by Crippen LogP contribution is 2.57. The van der Waals surface area contributed by atoms with Crippen molar-refractivity contribution in [3.8, 4) is 27.9 Å². The number of benzene rings is 10. The van der Waals surface area contributed by atoms with Crippen molar-refractivity contribution in [3.05, 3.63) is 265 Å². The van der Waals surface area contributed by atoms with Gasteiger partial charge >= 0.3 is 0 Å². The molecule has 1 aliphatic carbocycles. The van der Waals surface area contributed by atoms with Gasteiger partial charge in [0.25, 0.3) is 0 Å². The molecule has 2 heterocycles. The lowest BCUT2D eigenvalue weighted by Crippen LogP contribution is -2.28. The highest BCUT2D eigenvalue weighted by atomic mass is 32.1. The number of rotatable bonds is 7. The highest BCUT2D eigenvalue weighted by molar-refractivity contribution is 7.26. The van der Waals surface area contributed by atoms with Crippen molar-refractivity contribution in [3.63, 3.8) is 0 Å². The molecule has 300 valence electrons. The maximum absolute atomic E-state index is 2.49. The van der Waals surface area contributed by atoms with E-state index in [4.69, 9.17) is 0 Å². The van der Waals surface area contributed by atoms with Crippen LogP contribution in [0, 0.1) is 0 Å². The Kier molecular flexibility index (Phi) is 8.34. The molecule has 0 unspecified atom stereocenters. The lowest BCUT2D eigenvalue weighted by Gasteiger charge is -2.35. The summed E-state index contributed by atoms with van der Waals surface area (Å²) in [6, 6.07) is 89.5. The third-order valence-electron chi connectivity index (χ3n) is 13.5. The van der Waals surface area contributed by atoms with E-state index in [-0.39, 0.29) is 0 Å². The first-order valence-corrected chi connectivity index (χ1v) is 22.8. The molecule has 13 rings (SSSR count). The summed E-state index contributed by atoms with van der Waals surface area (Å²) >= 11 is 1.87. The molecular formula is C61H40N2S. The Morgan fingerprint density at radius 3 is 1.75 bits per heavy atom. The van der Waals surface area contributed by atoms with Crippen LogP contribution in [0.15, 0.2) is 243 Å². The number of thiophene rings is 1. The van der Waals surface area contributed by atoms with Gasteiger partial charge in [0.05, 0.1) is 26.8 Å². The quantitative estimate of drug-likeness (QED) is 0.155. The molecule has 64 heavy (non-hydrogen) atoms. The molecule has 0 saturated heterocycles. The maximum atomic E-state index is 2.49. The first kappa shape index (κ1) is 36.7. The normalized spacial score (nSPS) is 12.8. The molecule has 10 aromatic carbocycles. The Labute approximate surface area is 376 Å². The van der Waals surface area contributed by atoms with Crippen molar-refractivity contribution < 1.29 is 0 Å². The smallest absolute Gasteiger partial charge is 0.0714 e. The molecular weight excluding hydrogens is 793 g/mol. The zero-order valence-electron chi connectivity index (χ0n) is 34.9. The van der Waals surface area contributed by atoms with Gasteiger partial charge in [-0.15, -0.1) is 11.3 Å². The molecule has 0 fully saturated rings. The molecule has 0 N–H and O–H groups in total. The summed E-state index contributed by atoms with van der Waals surface area (Å²) in [5.41, 5.74) is 16.5. The Morgan fingerprint density at radius 1 is 0.375 bits per heavy atom. The molecule has 0 bridgehead atoms. The van der Waals surface area contributed by atoms with E-state index in [0.29, 0.717) is 0 Å². The molecule has 0 saturated carbocycles. The van der Waals surface area contributed by atoms with Crippen molar-refractivity contribution in [2.45, 2.75) is 5.41 Å². The number of nitrogens with zero attached hydrogens (tertiary/aromatic N) is 2. The molecule has 2 nitrogen and oxygen atoms in total. The third-order valence-corrected chi connectivity index (χ3v) is 14.7. The van der Waals surface area contributed by atoms with Crippen LogP contribution in [0.25, 0.3) is 69.9 Å². The van der Waals surface area contributed by atoms with E-state index in [1.807, 2.05) is 11.3 Å². The van der Waals surface area contributed by atoms with Gasteiger partial charge in [0.1, 0.15) is 0 Å². The lowest BCUT2D eigenvalue weighted by molar-refractivity contribution is 0.768. The van der Waals surface area contributed by atoms with Crippen LogP contribution < -0.4 is 4.90 Å². The van der Waals surface area contributed by atoms with Crippen LogP contribution in [0.4, 0.5) is 17.1 Å². The maximum Gasteiger partial charge on any atom is 0.0714 e. The number of hydrogen-bond acceptors (Lipinski definition) is 2. The van der Waals surface area contributed by atoms with Crippen molar-refractivity contribution >= 4 is 70.4 Å². The number of para-hydroxylation sites is 2. The van der Waals surface area contributed by atoms with Gasteiger partial charge in [0.15, 0.2) is 0 Å². The predicted octanol–water partition coefficient (Wildman–Crippen LogP) is 16.7. The van der Waals surface area contributed by atoms with E-state index in [9.17, 15) is 0 Å². The largest absolute Gasteiger partial charge is 0.309 e. The van der Waals surface area contributed by atoms with Crippen LogP contribution in [0.5, 0.6) is 0 Å². The molecule has 2 aromatic heterocycles. The second kappa shape index (κ2) is 14.6. The van der Waals surface area contributed by atoms with Gasteiger partial charge in [-0.1, -0.05) is 182 Å². The van der Waals surface area contributed by atoms with E-state index in [0.717, 1.165) is 17.1 Å². The minimum atomic E-state index is -0.509. The van der Waals surface area contributed by atoms with Gasteiger partial charge < -0.3 is 9.47 Å². The van der Waals surface area contributed by atoms with Crippen LogP contribution >= 0.6 is 11.3 Å². The third kappa shape index (κ3) is 5.44. The Balaban J connectivity index is 1.02. The minimum Gasteiger partial charge on any atom is -0.309 e. The zero-order valence-corrected chi connectivity index (χ0v) is 35.7. The summed E-state index contributed by atoms with van der Waals surface area (Å²) < 4.78 is 4.96. The Hall–Kier alpha value is -7.98. The number of aromatic nitrogens is 1. The highest BCUT2D eigenvalue weighted by Gasteiger charge is 2.46. The van der Waals surface area contributed by atoms with E-state index >= 15 is 0 Å². The predicted molar refractivity (Wildman–Crippen MR) is 271 cm³/mol. The van der Waals surface area contributed by atoms with E-state index in [1.54, 1.807) is 0 Å². The summed E-state index contributed by atoms with van der Waals surface area (Å²) in [4.78, 5) is 2.49. The summed E-state index contributed by atoms with van der Waals surface area (Å²) in [6.07, 6.45) is 0. The number of anilines is 3. The van der Waals surface area contributed by atoms with Crippen LogP contribution in [-0.4, -0.2) is 4.57 Å². The van der Waals surface area contributed by atoms with Gasteiger partial charge in [-0.3, -0.25) is 0 Å². The molecule has 0 aliphatic heterocycles. The lowest BCUT2D eigenvalue weighted by atomic mass is 9.67. The van der Waals surface area contributed by atoms with Crippen LogP contribution in [-0.2, 0) is 5.41 Å². The minimum absolute atomic E-state index is 0.509. The fourth-order valence-corrected chi connectivity index (χ4v) is 11.9. The zero-order chi connectivity index (χ0) is 42.2. The van der Waals surface area contributed by atoms with E-state index < -0.39 is 5.41 Å². The second-order valence-electron chi connectivity index (χ2n) is 16.8. The fourth-order valence-electron chi connectivity index (χ4n) is 10.7. The molecule has 0 radical (unpaired) electrons. The van der Waals surface area contributed by atoms with Crippen LogP contribution in [0.1, 0.15) is 22.3 Å². The second-order valence-corrected chi connectivity index (χ2v) is 17.9. The summed E-state index contributed by atoms with van der Waals surface area (Å²) in [7, 11) is 0. The Bertz CT molecular complexity index is 3680. The monoisotopic (exact) mass is 832 g/mol. The standard InChI is InChI=1S/C61H40N2S/c1-4-17-43(18-5-1)61(44-19-6-2-7-20-44)54-27-13-10-23-48(54)49-38-36-47(40-55(49)61)62(57-29-16-26-53-52-25-12-15-30-59(52)64-60(53)57)46-34-31-41(32-35-46)42-33-37-51-50-24-11-14-28-56(50)63(58(51)39-42)45-21-8-3-9-22-45/h1-40H. The average Bonchev–Trinajstić information content (AvgIpc) is 4.02.